The van der Waals surface area contributed by atoms with Crippen molar-refractivity contribution in [2.24, 2.45) is 5.73 Å². The van der Waals surface area contributed by atoms with Crippen LogP contribution in [0.2, 0.25) is 5.02 Å². The Morgan fingerprint density at radius 2 is 2.19 bits per heavy atom. The van der Waals surface area contributed by atoms with Gasteiger partial charge < -0.3 is 5.73 Å². The van der Waals surface area contributed by atoms with Gasteiger partial charge in [-0.3, -0.25) is 4.21 Å². The molecule has 0 amide bonds. The lowest BCUT2D eigenvalue weighted by Gasteiger charge is -2.25. The molecule has 0 aliphatic heterocycles. The maximum Gasteiger partial charge on any atom is 0.0561 e. The average Bonchev–Trinajstić information content (AvgIpc) is 2.28. The van der Waals surface area contributed by atoms with Gasteiger partial charge in [-0.1, -0.05) is 24.1 Å². The molecule has 0 spiro atoms. The van der Waals surface area contributed by atoms with E-state index < -0.39 is 10.8 Å². The molecule has 1 saturated carbocycles. The third-order valence-electron chi connectivity index (χ3n) is 3.00. The zero-order chi connectivity index (χ0) is 11.5. The van der Waals surface area contributed by atoms with Gasteiger partial charge in [0.2, 0.25) is 0 Å². The molecule has 1 aliphatic rings. The van der Waals surface area contributed by atoms with Crippen LogP contribution in [-0.4, -0.2) is 15.5 Å². The zero-order valence-corrected chi connectivity index (χ0v) is 10.6. The molecule has 4 heteroatoms. The number of nitrogens with two attached hydrogens (primary N) is 1. The summed E-state index contributed by atoms with van der Waals surface area (Å²) in [6.07, 6.45) is 4.01. The number of hydrogen-bond donors (Lipinski definition) is 1. The van der Waals surface area contributed by atoms with Crippen LogP contribution in [0.1, 0.15) is 25.7 Å². The Morgan fingerprint density at radius 3 is 2.88 bits per heavy atom. The average molecular weight is 258 g/mol. The summed E-state index contributed by atoms with van der Waals surface area (Å²) >= 11 is 5.90. The maximum atomic E-state index is 12.3. The Bertz CT molecular complexity index is 396. The molecule has 0 heterocycles. The van der Waals surface area contributed by atoms with Crippen molar-refractivity contribution in [1.82, 2.24) is 0 Å². The highest BCUT2D eigenvalue weighted by atomic mass is 35.5. The van der Waals surface area contributed by atoms with Gasteiger partial charge in [0.05, 0.1) is 10.8 Å². The van der Waals surface area contributed by atoms with Crippen molar-refractivity contribution >= 4 is 22.4 Å². The van der Waals surface area contributed by atoms with E-state index in [0.717, 1.165) is 30.6 Å². The Kier molecular flexibility index (Phi) is 4.00. The summed E-state index contributed by atoms with van der Waals surface area (Å²) in [5, 5.41) is 0.841. The van der Waals surface area contributed by atoms with Crippen LogP contribution in [0, 0.1) is 0 Å². The summed E-state index contributed by atoms with van der Waals surface area (Å²) in [6.45, 7) is 0. The van der Waals surface area contributed by atoms with E-state index in [1.807, 2.05) is 12.1 Å². The molecule has 88 valence electrons. The van der Waals surface area contributed by atoms with E-state index in [0.29, 0.717) is 5.02 Å². The van der Waals surface area contributed by atoms with Crippen LogP contribution < -0.4 is 5.73 Å². The predicted molar refractivity (Wildman–Crippen MR) is 68.1 cm³/mol. The fourth-order valence-corrected chi connectivity index (χ4v) is 4.06. The summed E-state index contributed by atoms with van der Waals surface area (Å²) in [4.78, 5) is 0.826. The topological polar surface area (TPSA) is 43.1 Å². The Labute approximate surface area is 104 Å². The monoisotopic (exact) mass is 257 g/mol. The van der Waals surface area contributed by atoms with Gasteiger partial charge in [0.15, 0.2) is 0 Å². The molecule has 1 aromatic carbocycles. The van der Waals surface area contributed by atoms with E-state index in [1.165, 1.54) is 0 Å². The molecule has 0 radical (unpaired) electrons. The molecular weight excluding hydrogens is 242 g/mol. The first-order valence-electron chi connectivity index (χ1n) is 5.58. The Balaban J connectivity index is 2.12. The highest BCUT2D eigenvalue weighted by Gasteiger charge is 2.25. The first-order valence-corrected chi connectivity index (χ1v) is 7.17. The fraction of sp³-hybridized carbons (Fsp3) is 0.500. The summed E-state index contributed by atoms with van der Waals surface area (Å²) < 4.78 is 12.3. The summed E-state index contributed by atoms with van der Waals surface area (Å²) in [5.41, 5.74) is 5.91. The maximum absolute atomic E-state index is 12.3. The minimum absolute atomic E-state index is 0.196. The van der Waals surface area contributed by atoms with Gasteiger partial charge >= 0.3 is 0 Å². The van der Waals surface area contributed by atoms with Crippen molar-refractivity contribution < 1.29 is 4.21 Å². The highest BCUT2D eigenvalue weighted by Crippen LogP contribution is 2.26. The van der Waals surface area contributed by atoms with Gasteiger partial charge in [-0.2, -0.15) is 0 Å². The van der Waals surface area contributed by atoms with Crippen LogP contribution >= 0.6 is 11.6 Å². The van der Waals surface area contributed by atoms with Gasteiger partial charge in [0, 0.05) is 21.2 Å². The summed E-state index contributed by atoms with van der Waals surface area (Å²) in [5.74, 6) is 0. The van der Waals surface area contributed by atoms with Crippen molar-refractivity contribution in [2.75, 3.05) is 0 Å². The fourth-order valence-electron chi connectivity index (χ4n) is 2.16. The molecule has 3 unspecified atom stereocenters. The molecule has 0 saturated heterocycles. The van der Waals surface area contributed by atoms with Crippen LogP contribution in [0.25, 0.3) is 0 Å². The van der Waals surface area contributed by atoms with Crippen molar-refractivity contribution in [3.05, 3.63) is 29.3 Å². The number of halogens is 1. The lowest BCUT2D eigenvalue weighted by atomic mass is 9.96. The molecule has 16 heavy (non-hydrogen) atoms. The second kappa shape index (κ2) is 5.30. The first-order chi connectivity index (χ1) is 7.66. The van der Waals surface area contributed by atoms with E-state index in [1.54, 1.807) is 12.1 Å². The quantitative estimate of drug-likeness (QED) is 0.885. The largest absolute Gasteiger partial charge is 0.328 e. The molecule has 0 bridgehead atoms. The van der Waals surface area contributed by atoms with E-state index >= 15 is 0 Å². The van der Waals surface area contributed by atoms with Crippen molar-refractivity contribution in [3.63, 3.8) is 0 Å². The first kappa shape index (κ1) is 12.1. The Hall–Kier alpha value is -0.380. The van der Waals surface area contributed by atoms with E-state index in [4.69, 9.17) is 17.3 Å². The summed E-state index contributed by atoms with van der Waals surface area (Å²) in [7, 11) is -0.965. The zero-order valence-electron chi connectivity index (χ0n) is 9.06. The van der Waals surface area contributed by atoms with E-state index in [2.05, 4.69) is 0 Å². The van der Waals surface area contributed by atoms with Gasteiger partial charge in [0.1, 0.15) is 0 Å². The second-order valence-corrected chi connectivity index (χ2v) is 6.47. The number of rotatable bonds is 2. The van der Waals surface area contributed by atoms with E-state index in [9.17, 15) is 4.21 Å². The minimum atomic E-state index is -0.965. The Morgan fingerprint density at radius 1 is 1.38 bits per heavy atom. The van der Waals surface area contributed by atoms with Crippen molar-refractivity contribution in [3.8, 4) is 0 Å². The van der Waals surface area contributed by atoms with Crippen LogP contribution in [-0.2, 0) is 10.8 Å². The molecule has 1 aromatic rings. The third kappa shape index (κ3) is 2.84. The van der Waals surface area contributed by atoms with E-state index in [-0.39, 0.29) is 11.3 Å². The van der Waals surface area contributed by atoms with Gasteiger partial charge in [-0.25, -0.2) is 0 Å². The molecule has 2 rings (SSSR count). The lowest BCUT2D eigenvalue weighted by Crippen LogP contribution is -2.33. The van der Waals surface area contributed by atoms with Crippen LogP contribution in [0.15, 0.2) is 29.2 Å². The molecule has 2 N–H and O–H groups in total. The predicted octanol–water partition coefficient (Wildman–Crippen LogP) is 2.72. The highest BCUT2D eigenvalue weighted by molar-refractivity contribution is 7.85. The van der Waals surface area contributed by atoms with Crippen molar-refractivity contribution in [2.45, 2.75) is 41.9 Å². The number of benzene rings is 1. The SMILES string of the molecule is NC1CCCC(S(=O)c2cccc(Cl)c2)C1. The van der Waals surface area contributed by atoms with Gasteiger partial charge in [0.25, 0.3) is 0 Å². The van der Waals surface area contributed by atoms with Gasteiger partial charge in [-0.15, -0.1) is 0 Å². The van der Waals surface area contributed by atoms with Gasteiger partial charge in [-0.05, 0) is 37.5 Å². The standard InChI is InChI=1S/C12H16ClNOS/c13-9-3-1-5-11(7-9)16(15)12-6-2-4-10(14)8-12/h1,3,5,7,10,12H,2,4,6,8,14H2. The second-order valence-electron chi connectivity index (χ2n) is 4.30. The molecule has 1 fully saturated rings. The van der Waals surface area contributed by atoms with Crippen LogP contribution in [0.3, 0.4) is 0 Å². The number of hydrogen-bond acceptors (Lipinski definition) is 2. The molecule has 1 aliphatic carbocycles. The normalized spacial score (nSPS) is 27.6. The molecular formula is C12H16ClNOS. The van der Waals surface area contributed by atoms with Crippen LogP contribution in [0.5, 0.6) is 0 Å². The van der Waals surface area contributed by atoms with Crippen LogP contribution in [0.4, 0.5) is 0 Å². The van der Waals surface area contributed by atoms with Crippen molar-refractivity contribution in [1.29, 1.82) is 0 Å². The molecule has 0 aromatic heterocycles. The third-order valence-corrected chi connectivity index (χ3v) is 4.99. The molecule has 2 nitrogen and oxygen atoms in total. The lowest BCUT2D eigenvalue weighted by molar-refractivity contribution is 0.444. The smallest absolute Gasteiger partial charge is 0.0561 e. The summed E-state index contributed by atoms with van der Waals surface area (Å²) in [6, 6.07) is 7.52. The molecule has 3 atom stereocenters. The minimum Gasteiger partial charge on any atom is -0.328 e.